The van der Waals surface area contributed by atoms with Gasteiger partial charge in [0.1, 0.15) is 16.9 Å². The van der Waals surface area contributed by atoms with E-state index < -0.39 is 0 Å². The molecule has 3 aromatic rings. The number of ether oxygens (including phenoxy) is 1. The minimum absolute atomic E-state index is 0.00987. The second-order valence-corrected chi connectivity index (χ2v) is 8.47. The number of nitrogens with one attached hydrogen (secondary N) is 1. The molecule has 5 heteroatoms. The van der Waals surface area contributed by atoms with Gasteiger partial charge < -0.3 is 14.5 Å². The number of benzene rings is 2. The maximum atomic E-state index is 12.7. The van der Waals surface area contributed by atoms with Crippen molar-refractivity contribution in [3.63, 3.8) is 0 Å². The highest BCUT2D eigenvalue weighted by molar-refractivity contribution is 8.01. The van der Waals surface area contributed by atoms with Gasteiger partial charge in [-0.25, -0.2) is 0 Å². The first kappa shape index (κ1) is 17.3. The number of methoxy groups -OCH3 is 1. The summed E-state index contributed by atoms with van der Waals surface area (Å²) in [6.07, 6.45) is 5.00. The monoisotopic (exact) mass is 369 g/mol. The molecule has 1 saturated carbocycles. The molecule has 1 aliphatic carbocycles. The summed E-state index contributed by atoms with van der Waals surface area (Å²) < 4.78 is 11.5. The smallest absolute Gasteiger partial charge is 0.237 e. The highest BCUT2D eigenvalue weighted by atomic mass is 32.2. The van der Waals surface area contributed by atoms with E-state index in [1.807, 2.05) is 43.3 Å². The zero-order chi connectivity index (χ0) is 18.1. The van der Waals surface area contributed by atoms with Gasteiger partial charge in [0.2, 0.25) is 5.91 Å². The Labute approximate surface area is 157 Å². The first-order chi connectivity index (χ1) is 12.7. The Morgan fingerprint density at radius 1 is 1.19 bits per heavy atom. The van der Waals surface area contributed by atoms with Crippen molar-refractivity contribution in [2.75, 3.05) is 12.4 Å². The van der Waals surface area contributed by atoms with E-state index in [1.165, 1.54) is 25.7 Å². The maximum absolute atomic E-state index is 12.7. The van der Waals surface area contributed by atoms with Crippen LogP contribution < -0.4 is 10.1 Å². The topological polar surface area (TPSA) is 51.5 Å². The average molecular weight is 369 g/mol. The number of fused-ring (bicyclic) bond motifs is 3. The van der Waals surface area contributed by atoms with Gasteiger partial charge in [-0.1, -0.05) is 31.0 Å². The van der Waals surface area contributed by atoms with Crippen molar-refractivity contribution in [2.45, 2.75) is 43.1 Å². The number of anilines is 1. The zero-order valence-corrected chi connectivity index (χ0v) is 15.9. The van der Waals surface area contributed by atoms with Crippen molar-refractivity contribution in [3.05, 3.63) is 36.4 Å². The molecule has 4 nitrogen and oxygen atoms in total. The molecule has 0 spiro atoms. The summed E-state index contributed by atoms with van der Waals surface area (Å²) >= 11 is 1.78. The largest absolute Gasteiger partial charge is 0.495 e. The summed E-state index contributed by atoms with van der Waals surface area (Å²) in [5, 5.41) is 5.58. The summed E-state index contributed by atoms with van der Waals surface area (Å²) in [6.45, 7) is 1.98. The van der Waals surface area contributed by atoms with Crippen LogP contribution in [-0.2, 0) is 4.79 Å². The Kier molecular flexibility index (Phi) is 4.81. The molecule has 4 rings (SSSR count). The van der Waals surface area contributed by atoms with E-state index in [9.17, 15) is 4.79 Å². The lowest BCUT2D eigenvalue weighted by molar-refractivity contribution is -0.115. The van der Waals surface area contributed by atoms with Gasteiger partial charge >= 0.3 is 0 Å². The number of hydrogen-bond donors (Lipinski definition) is 1. The molecule has 0 bridgehead atoms. The molecule has 1 N–H and O–H groups in total. The number of hydrogen-bond acceptors (Lipinski definition) is 4. The van der Waals surface area contributed by atoms with Crippen molar-refractivity contribution in [1.82, 2.24) is 0 Å². The van der Waals surface area contributed by atoms with Gasteiger partial charge in [0.15, 0.2) is 0 Å². The Balaban J connectivity index is 1.60. The fourth-order valence-electron chi connectivity index (χ4n) is 3.63. The molecule has 26 heavy (non-hydrogen) atoms. The predicted octanol–water partition coefficient (Wildman–Crippen LogP) is 5.60. The third-order valence-corrected chi connectivity index (χ3v) is 6.50. The molecule has 1 amide bonds. The molecule has 0 saturated heterocycles. The molecule has 1 heterocycles. The van der Waals surface area contributed by atoms with Gasteiger partial charge in [0.05, 0.1) is 18.0 Å². The number of carbonyl (C=O) groups is 1. The van der Waals surface area contributed by atoms with Crippen LogP contribution in [0.15, 0.2) is 40.8 Å². The van der Waals surface area contributed by atoms with Crippen LogP contribution in [0.25, 0.3) is 21.9 Å². The van der Waals surface area contributed by atoms with Gasteiger partial charge in [-0.15, -0.1) is 11.8 Å². The molecule has 1 unspecified atom stereocenters. The predicted molar refractivity (Wildman–Crippen MR) is 108 cm³/mol. The van der Waals surface area contributed by atoms with Crippen LogP contribution in [0, 0.1) is 0 Å². The quantitative estimate of drug-likeness (QED) is 0.636. The molecule has 1 atom stereocenters. The summed E-state index contributed by atoms with van der Waals surface area (Å²) in [7, 11) is 1.62. The number of thioether (sulfide) groups is 1. The molecule has 1 aliphatic rings. The molecule has 1 fully saturated rings. The molecular weight excluding hydrogens is 346 g/mol. The molecule has 2 aromatic carbocycles. The molecule has 0 radical (unpaired) electrons. The van der Waals surface area contributed by atoms with Crippen LogP contribution >= 0.6 is 11.8 Å². The highest BCUT2D eigenvalue weighted by Gasteiger charge is 2.23. The van der Waals surface area contributed by atoms with E-state index in [2.05, 4.69) is 5.32 Å². The second kappa shape index (κ2) is 7.23. The van der Waals surface area contributed by atoms with E-state index in [0.29, 0.717) is 16.7 Å². The Bertz CT molecular complexity index is 943. The van der Waals surface area contributed by atoms with E-state index in [-0.39, 0.29) is 11.2 Å². The normalized spacial score (nSPS) is 16.2. The van der Waals surface area contributed by atoms with Crippen LogP contribution in [0.5, 0.6) is 5.75 Å². The molecule has 0 aliphatic heterocycles. The molecule has 136 valence electrons. The van der Waals surface area contributed by atoms with Crippen molar-refractivity contribution in [1.29, 1.82) is 0 Å². The third-order valence-electron chi connectivity index (χ3n) is 5.02. The minimum Gasteiger partial charge on any atom is -0.495 e. The third kappa shape index (κ3) is 3.28. The lowest BCUT2D eigenvalue weighted by Gasteiger charge is -2.17. The number of amides is 1. The van der Waals surface area contributed by atoms with Crippen LogP contribution in [-0.4, -0.2) is 23.5 Å². The van der Waals surface area contributed by atoms with Gasteiger partial charge in [0, 0.05) is 22.1 Å². The lowest BCUT2D eigenvalue weighted by Crippen LogP contribution is -2.24. The van der Waals surface area contributed by atoms with Crippen molar-refractivity contribution >= 4 is 45.3 Å². The van der Waals surface area contributed by atoms with Crippen LogP contribution in [0.1, 0.15) is 32.6 Å². The van der Waals surface area contributed by atoms with Gasteiger partial charge in [-0.3, -0.25) is 4.79 Å². The lowest BCUT2D eigenvalue weighted by atomic mass is 10.1. The second-order valence-electron chi connectivity index (χ2n) is 6.82. The molecular formula is C21H23NO3S. The fourth-order valence-corrected chi connectivity index (χ4v) is 4.99. The summed E-state index contributed by atoms with van der Waals surface area (Å²) in [5.74, 6) is 0.658. The minimum atomic E-state index is -0.0887. The van der Waals surface area contributed by atoms with Crippen molar-refractivity contribution in [2.24, 2.45) is 0 Å². The highest BCUT2D eigenvalue weighted by Crippen LogP contribution is 2.37. The summed E-state index contributed by atoms with van der Waals surface area (Å²) in [4.78, 5) is 12.7. The number of para-hydroxylation sites is 1. The zero-order valence-electron chi connectivity index (χ0n) is 15.1. The first-order valence-electron chi connectivity index (χ1n) is 9.11. The van der Waals surface area contributed by atoms with Crippen LogP contribution in [0.2, 0.25) is 0 Å². The number of rotatable bonds is 5. The maximum Gasteiger partial charge on any atom is 0.237 e. The SMILES string of the molecule is COc1cc2c(cc1NC(=O)C(C)SC1CCCC1)oc1ccccc12. The van der Waals surface area contributed by atoms with Crippen molar-refractivity contribution < 1.29 is 13.9 Å². The average Bonchev–Trinajstić information content (AvgIpc) is 3.27. The van der Waals surface area contributed by atoms with Crippen LogP contribution in [0.3, 0.4) is 0 Å². The Morgan fingerprint density at radius 3 is 2.73 bits per heavy atom. The van der Waals surface area contributed by atoms with E-state index in [1.54, 1.807) is 18.9 Å². The summed E-state index contributed by atoms with van der Waals surface area (Å²) in [6, 6.07) is 11.7. The summed E-state index contributed by atoms with van der Waals surface area (Å²) in [5.41, 5.74) is 2.24. The number of furan rings is 1. The number of carbonyl (C=O) groups excluding carboxylic acids is 1. The first-order valence-corrected chi connectivity index (χ1v) is 10.1. The molecule has 1 aromatic heterocycles. The Morgan fingerprint density at radius 2 is 1.96 bits per heavy atom. The van der Waals surface area contributed by atoms with Gasteiger partial charge in [-0.05, 0) is 31.9 Å². The van der Waals surface area contributed by atoms with E-state index in [0.717, 1.165) is 21.9 Å². The standard InChI is InChI=1S/C21H23NO3S/c1-13(26-14-7-3-4-8-14)21(23)22-17-12-19-16(11-20(17)24-2)15-9-5-6-10-18(15)25-19/h5-6,9-14H,3-4,7-8H2,1-2H3,(H,22,23). The van der Waals surface area contributed by atoms with E-state index in [4.69, 9.17) is 9.15 Å². The Hall–Kier alpha value is -2.14. The van der Waals surface area contributed by atoms with Gasteiger partial charge in [-0.2, -0.15) is 0 Å². The van der Waals surface area contributed by atoms with Gasteiger partial charge in [0.25, 0.3) is 0 Å². The van der Waals surface area contributed by atoms with E-state index >= 15 is 0 Å². The fraction of sp³-hybridized carbons (Fsp3) is 0.381. The van der Waals surface area contributed by atoms with Crippen LogP contribution in [0.4, 0.5) is 5.69 Å². The van der Waals surface area contributed by atoms with Crippen molar-refractivity contribution in [3.8, 4) is 5.75 Å².